The van der Waals surface area contributed by atoms with E-state index in [9.17, 15) is 8.78 Å². The number of hydrogen-bond donors (Lipinski definition) is 1. The molecule has 1 atom stereocenters. The third-order valence-corrected chi connectivity index (χ3v) is 4.52. The molecular weight excluding hydrogens is 460 g/mol. The third kappa shape index (κ3) is 3.40. The summed E-state index contributed by atoms with van der Waals surface area (Å²) in [5.74, 6) is -1.66. The summed E-state index contributed by atoms with van der Waals surface area (Å²) >= 11 is 10.3. The van der Waals surface area contributed by atoms with Gasteiger partial charge in [0.1, 0.15) is 0 Å². The van der Waals surface area contributed by atoms with E-state index in [4.69, 9.17) is 0 Å². The van der Waals surface area contributed by atoms with E-state index < -0.39 is 11.6 Å². The topological polar surface area (TPSA) is 12.0 Å². The molecule has 0 aliphatic rings. The molecule has 106 valence electrons. The summed E-state index contributed by atoms with van der Waals surface area (Å²) in [6, 6.07) is 7.55. The molecule has 0 bridgehead atoms. The van der Waals surface area contributed by atoms with E-state index in [1.54, 1.807) is 13.0 Å². The molecule has 0 fully saturated rings. The fourth-order valence-electron chi connectivity index (χ4n) is 1.83. The Labute approximate surface area is 141 Å². The normalized spacial score (nSPS) is 12.3. The first-order valence-corrected chi connectivity index (χ1v) is 8.13. The zero-order valence-corrected chi connectivity index (χ0v) is 15.1. The zero-order chi connectivity index (χ0) is 14.9. The molecule has 0 heterocycles. The molecule has 1 unspecified atom stereocenters. The summed E-state index contributed by atoms with van der Waals surface area (Å²) in [6.45, 7) is 1.78. The fraction of sp³-hybridized carbons (Fsp3) is 0.143. The predicted molar refractivity (Wildman–Crippen MR) is 87.9 cm³/mol. The maximum atomic E-state index is 13.8. The number of rotatable bonds is 3. The van der Waals surface area contributed by atoms with Gasteiger partial charge >= 0.3 is 0 Å². The quantitative estimate of drug-likeness (QED) is 0.546. The van der Waals surface area contributed by atoms with E-state index in [0.29, 0.717) is 0 Å². The minimum atomic E-state index is -0.843. The van der Waals surface area contributed by atoms with Crippen LogP contribution in [0.5, 0.6) is 0 Å². The van der Waals surface area contributed by atoms with Crippen molar-refractivity contribution in [3.8, 4) is 0 Å². The monoisotopic (exact) mass is 467 g/mol. The van der Waals surface area contributed by atoms with Crippen LogP contribution >= 0.6 is 47.8 Å². The predicted octanol–water partition coefficient (Wildman–Crippen LogP) is 6.43. The number of nitrogens with one attached hydrogen (secondary N) is 1. The van der Waals surface area contributed by atoms with Crippen molar-refractivity contribution < 1.29 is 8.78 Å². The second-order valence-electron chi connectivity index (χ2n) is 4.25. The van der Waals surface area contributed by atoms with Gasteiger partial charge in [0.05, 0.1) is 11.7 Å². The minimum Gasteiger partial charge on any atom is -0.377 e. The van der Waals surface area contributed by atoms with Crippen molar-refractivity contribution in [3.05, 3.63) is 60.9 Å². The van der Waals surface area contributed by atoms with Gasteiger partial charge in [0.15, 0.2) is 11.6 Å². The molecule has 2 rings (SSSR count). The van der Waals surface area contributed by atoms with Crippen LogP contribution in [0.4, 0.5) is 14.5 Å². The highest BCUT2D eigenvalue weighted by molar-refractivity contribution is 9.11. The number of anilines is 1. The van der Waals surface area contributed by atoms with Crippen LogP contribution in [0.15, 0.2) is 43.7 Å². The highest BCUT2D eigenvalue weighted by Gasteiger charge is 2.16. The van der Waals surface area contributed by atoms with E-state index >= 15 is 0 Å². The van der Waals surface area contributed by atoms with Gasteiger partial charge in [-0.3, -0.25) is 0 Å². The first-order chi connectivity index (χ1) is 9.40. The summed E-state index contributed by atoms with van der Waals surface area (Å²) in [4.78, 5) is 0. The average molecular weight is 470 g/mol. The molecule has 0 amide bonds. The molecule has 0 aliphatic heterocycles. The minimum absolute atomic E-state index is 0.284. The van der Waals surface area contributed by atoms with Crippen LogP contribution in [0, 0.1) is 11.6 Å². The van der Waals surface area contributed by atoms with Crippen molar-refractivity contribution >= 4 is 53.5 Å². The van der Waals surface area contributed by atoms with E-state index in [2.05, 4.69) is 53.1 Å². The molecule has 20 heavy (non-hydrogen) atoms. The Morgan fingerprint density at radius 1 is 1.05 bits per heavy atom. The van der Waals surface area contributed by atoms with Crippen molar-refractivity contribution in [2.75, 3.05) is 5.32 Å². The summed E-state index contributed by atoms with van der Waals surface area (Å²) in [5, 5.41) is 3.17. The summed E-state index contributed by atoms with van der Waals surface area (Å²) in [5.41, 5.74) is 1.07. The summed E-state index contributed by atoms with van der Waals surface area (Å²) in [7, 11) is 0. The lowest BCUT2D eigenvalue weighted by Gasteiger charge is -2.19. The molecule has 0 aromatic heterocycles. The van der Waals surface area contributed by atoms with Gasteiger partial charge < -0.3 is 5.32 Å². The Balaban J connectivity index is 2.33. The average Bonchev–Trinajstić information content (AvgIpc) is 2.36. The van der Waals surface area contributed by atoms with Gasteiger partial charge in [0, 0.05) is 19.0 Å². The third-order valence-electron chi connectivity index (χ3n) is 2.82. The molecule has 0 spiro atoms. The number of halogens is 5. The summed E-state index contributed by atoms with van der Waals surface area (Å²) < 4.78 is 29.6. The Morgan fingerprint density at radius 3 is 2.25 bits per heavy atom. The Bertz CT molecular complexity index is 623. The van der Waals surface area contributed by atoms with Gasteiger partial charge in [0.25, 0.3) is 0 Å². The van der Waals surface area contributed by atoms with Gasteiger partial charge in [-0.2, -0.15) is 0 Å². The number of hydrogen-bond acceptors (Lipinski definition) is 1. The van der Waals surface area contributed by atoms with Crippen LogP contribution in [0.25, 0.3) is 0 Å². The van der Waals surface area contributed by atoms with Gasteiger partial charge in [-0.1, -0.05) is 28.1 Å². The SMILES string of the molecule is CC(Nc1c(Br)cc(Br)cc1Br)c1cccc(F)c1F. The standard InChI is InChI=1S/C14H10Br3F2N/c1-7(9-3-2-4-12(18)13(9)19)20-14-10(16)5-8(15)6-11(14)17/h2-7,20H,1H3. The molecular formula is C14H10Br3F2N. The maximum absolute atomic E-state index is 13.8. The highest BCUT2D eigenvalue weighted by Crippen LogP contribution is 2.36. The van der Waals surface area contributed by atoms with Crippen molar-refractivity contribution in [1.29, 1.82) is 0 Å². The molecule has 2 aromatic rings. The Kier molecular flexibility index (Phi) is 5.20. The van der Waals surface area contributed by atoms with Crippen LogP contribution in [0.2, 0.25) is 0 Å². The van der Waals surface area contributed by atoms with E-state index in [-0.39, 0.29) is 11.6 Å². The maximum Gasteiger partial charge on any atom is 0.164 e. The largest absolute Gasteiger partial charge is 0.377 e. The fourth-order valence-corrected chi connectivity index (χ4v) is 4.32. The molecule has 1 nitrogen and oxygen atoms in total. The van der Waals surface area contributed by atoms with Crippen molar-refractivity contribution in [2.45, 2.75) is 13.0 Å². The van der Waals surface area contributed by atoms with Gasteiger partial charge in [-0.25, -0.2) is 8.78 Å². The first kappa shape index (κ1) is 15.9. The second-order valence-corrected chi connectivity index (χ2v) is 6.88. The Hall–Kier alpha value is -0.460. The smallest absolute Gasteiger partial charge is 0.164 e. The molecule has 0 radical (unpaired) electrons. The van der Waals surface area contributed by atoms with Gasteiger partial charge in [-0.05, 0) is 57.0 Å². The lowest BCUT2D eigenvalue weighted by Crippen LogP contribution is -2.10. The van der Waals surface area contributed by atoms with Crippen LogP contribution in [0.1, 0.15) is 18.5 Å². The first-order valence-electron chi connectivity index (χ1n) is 5.75. The lowest BCUT2D eigenvalue weighted by molar-refractivity contribution is 0.494. The lowest BCUT2D eigenvalue weighted by atomic mass is 10.1. The van der Waals surface area contributed by atoms with Crippen LogP contribution < -0.4 is 5.32 Å². The molecule has 2 aromatic carbocycles. The molecule has 0 aliphatic carbocycles. The van der Waals surface area contributed by atoms with Crippen molar-refractivity contribution in [3.63, 3.8) is 0 Å². The van der Waals surface area contributed by atoms with E-state index in [1.807, 2.05) is 12.1 Å². The summed E-state index contributed by atoms with van der Waals surface area (Å²) in [6.07, 6.45) is 0. The van der Waals surface area contributed by atoms with E-state index in [0.717, 1.165) is 25.2 Å². The molecule has 0 saturated carbocycles. The van der Waals surface area contributed by atoms with Gasteiger partial charge in [-0.15, -0.1) is 0 Å². The Morgan fingerprint density at radius 2 is 1.65 bits per heavy atom. The van der Waals surface area contributed by atoms with Crippen molar-refractivity contribution in [1.82, 2.24) is 0 Å². The van der Waals surface area contributed by atoms with Crippen LogP contribution in [-0.2, 0) is 0 Å². The molecule has 6 heteroatoms. The molecule has 0 saturated heterocycles. The van der Waals surface area contributed by atoms with Crippen molar-refractivity contribution in [2.24, 2.45) is 0 Å². The van der Waals surface area contributed by atoms with Crippen LogP contribution in [0.3, 0.4) is 0 Å². The molecule has 1 N–H and O–H groups in total. The second kappa shape index (κ2) is 6.54. The van der Waals surface area contributed by atoms with E-state index in [1.165, 1.54) is 6.07 Å². The van der Waals surface area contributed by atoms with Crippen LogP contribution in [-0.4, -0.2) is 0 Å². The number of benzene rings is 2. The van der Waals surface area contributed by atoms with Gasteiger partial charge in [0.2, 0.25) is 0 Å². The zero-order valence-electron chi connectivity index (χ0n) is 10.4. The highest BCUT2D eigenvalue weighted by atomic mass is 79.9.